The van der Waals surface area contributed by atoms with E-state index in [-0.39, 0.29) is 30.5 Å². The summed E-state index contributed by atoms with van der Waals surface area (Å²) in [7, 11) is 0. The molecule has 0 heterocycles. The highest BCUT2D eigenvalue weighted by molar-refractivity contribution is 5.96. The maximum Gasteiger partial charge on any atom is 0.306 e. The van der Waals surface area contributed by atoms with E-state index in [9.17, 15) is 9.59 Å². The van der Waals surface area contributed by atoms with E-state index in [0.717, 1.165) is 5.56 Å². The van der Waals surface area contributed by atoms with Gasteiger partial charge in [-0.1, -0.05) is 60.7 Å². The molecule has 0 N–H and O–H groups in total. The van der Waals surface area contributed by atoms with Gasteiger partial charge in [-0.05, 0) is 26.3 Å². The van der Waals surface area contributed by atoms with Crippen LogP contribution in [0, 0.1) is 0 Å². The first-order valence-corrected chi connectivity index (χ1v) is 8.20. The van der Waals surface area contributed by atoms with Crippen LogP contribution in [0.15, 0.2) is 60.7 Å². The summed E-state index contributed by atoms with van der Waals surface area (Å²) in [4.78, 5) is 24.8. The van der Waals surface area contributed by atoms with E-state index >= 15 is 0 Å². The second-order valence-electron chi connectivity index (χ2n) is 6.89. The molecule has 0 radical (unpaired) electrons. The predicted molar refractivity (Wildman–Crippen MR) is 95.0 cm³/mol. The lowest BCUT2D eigenvalue weighted by molar-refractivity contribution is -0.155. The molecule has 0 saturated heterocycles. The highest BCUT2D eigenvalue weighted by atomic mass is 16.6. The molecule has 2 rings (SSSR count). The highest BCUT2D eigenvalue weighted by Gasteiger charge is 2.24. The number of carbonyl (C=O) groups excluding carboxylic acids is 2. The summed E-state index contributed by atoms with van der Waals surface area (Å²) < 4.78 is 5.43. The molecule has 0 spiro atoms. The van der Waals surface area contributed by atoms with Crippen LogP contribution in [0.1, 0.15) is 55.5 Å². The molecular weight excluding hydrogens is 300 g/mol. The second kappa shape index (κ2) is 7.91. The maximum atomic E-state index is 12.5. The van der Waals surface area contributed by atoms with Gasteiger partial charge in [0.2, 0.25) is 0 Å². The Kier molecular flexibility index (Phi) is 5.91. The molecule has 0 aliphatic rings. The van der Waals surface area contributed by atoms with E-state index < -0.39 is 5.60 Å². The van der Waals surface area contributed by atoms with Crippen molar-refractivity contribution >= 4 is 11.8 Å². The summed E-state index contributed by atoms with van der Waals surface area (Å²) >= 11 is 0. The number of benzene rings is 2. The zero-order chi connectivity index (χ0) is 17.6. The zero-order valence-corrected chi connectivity index (χ0v) is 14.5. The third-order valence-electron chi connectivity index (χ3n) is 3.63. The molecule has 0 aliphatic carbocycles. The average molecular weight is 324 g/mol. The number of ether oxygens (including phenoxy) is 1. The predicted octanol–water partition coefficient (Wildman–Crippen LogP) is 4.78. The van der Waals surface area contributed by atoms with E-state index in [0.29, 0.717) is 5.56 Å². The largest absolute Gasteiger partial charge is 0.460 e. The smallest absolute Gasteiger partial charge is 0.306 e. The van der Waals surface area contributed by atoms with Crippen molar-refractivity contribution in [2.24, 2.45) is 0 Å². The third-order valence-corrected chi connectivity index (χ3v) is 3.63. The lowest BCUT2D eigenvalue weighted by Crippen LogP contribution is -2.25. The quantitative estimate of drug-likeness (QED) is 0.567. The average Bonchev–Trinajstić information content (AvgIpc) is 2.54. The molecule has 0 fully saturated rings. The van der Waals surface area contributed by atoms with Crippen molar-refractivity contribution < 1.29 is 14.3 Å². The number of rotatable bonds is 6. The Hall–Kier alpha value is -2.42. The fourth-order valence-corrected chi connectivity index (χ4v) is 2.58. The van der Waals surface area contributed by atoms with E-state index in [1.807, 2.05) is 69.3 Å². The van der Waals surface area contributed by atoms with Crippen LogP contribution in [0.4, 0.5) is 0 Å². The van der Waals surface area contributed by atoms with Gasteiger partial charge in [0.15, 0.2) is 5.78 Å². The molecule has 3 heteroatoms. The molecule has 2 aromatic rings. The SMILES string of the molecule is CC(C)(C)OC(=O)C[C@@H](CC(=O)c1ccccc1)c1ccccc1. The Balaban J connectivity index is 2.15. The molecule has 3 nitrogen and oxygen atoms in total. The Bertz CT molecular complexity index is 669. The minimum absolute atomic E-state index is 0.0352. The Morgan fingerprint density at radius 3 is 1.96 bits per heavy atom. The van der Waals surface area contributed by atoms with Crippen LogP contribution in [0.25, 0.3) is 0 Å². The molecule has 0 unspecified atom stereocenters. The molecule has 24 heavy (non-hydrogen) atoms. The van der Waals surface area contributed by atoms with Crippen LogP contribution in [-0.4, -0.2) is 17.4 Å². The van der Waals surface area contributed by atoms with Crippen LogP contribution in [-0.2, 0) is 9.53 Å². The highest BCUT2D eigenvalue weighted by Crippen LogP contribution is 2.26. The van der Waals surface area contributed by atoms with Crippen molar-refractivity contribution in [2.75, 3.05) is 0 Å². The van der Waals surface area contributed by atoms with Gasteiger partial charge in [-0.25, -0.2) is 0 Å². The van der Waals surface area contributed by atoms with Gasteiger partial charge < -0.3 is 4.74 Å². The first-order chi connectivity index (χ1) is 11.3. The summed E-state index contributed by atoms with van der Waals surface area (Å²) in [5.41, 5.74) is 1.12. The summed E-state index contributed by atoms with van der Waals surface area (Å²) in [6.45, 7) is 5.53. The number of Topliss-reactive ketones (excluding diaryl/α,β-unsaturated/α-hetero) is 1. The topological polar surface area (TPSA) is 43.4 Å². The van der Waals surface area contributed by atoms with Gasteiger partial charge in [0.25, 0.3) is 0 Å². The second-order valence-corrected chi connectivity index (χ2v) is 6.89. The number of hydrogen-bond donors (Lipinski definition) is 0. The van der Waals surface area contributed by atoms with Crippen molar-refractivity contribution in [3.63, 3.8) is 0 Å². The number of carbonyl (C=O) groups is 2. The standard InChI is InChI=1S/C21H24O3/c1-21(2,3)24-20(23)15-18(16-10-6-4-7-11-16)14-19(22)17-12-8-5-9-13-17/h4-13,18H,14-15H2,1-3H3/t18-/m1/s1. The van der Waals surface area contributed by atoms with Gasteiger partial charge in [-0.15, -0.1) is 0 Å². The molecule has 0 aliphatic heterocycles. The van der Waals surface area contributed by atoms with Crippen molar-refractivity contribution in [2.45, 2.75) is 45.1 Å². The third kappa shape index (κ3) is 5.65. The first-order valence-electron chi connectivity index (χ1n) is 8.20. The van der Waals surface area contributed by atoms with E-state index in [2.05, 4.69) is 0 Å². The molecule has 1 atom stereocenters. The van der Waals surface area contributed by atoms with Crippen LogP contribution in [0.3, 0.4) is 0 Å². The summed E-state index contributed by atoms with van der Waals surface area (Å²) in [5.74, 6) is -0.431. The lowest BCUT2D eigenvalue weighted by atomic mass is 9.89. The molecule has 0 amide bonds. The number of ketones is 1. The Morgan fingerprint density at radius 1 is 0.875 bits per heavy atom. The fourth-order valence-electron chi connectivity index (χ4n) is 2.58. The van der Waals surface area contributed by atoms with Gasteiger partial charge in [-0.2, -0.15) is 0 Å². The molecule has 0 bridgehead atoms. The van der Waals surface area contributed by atoms with Gasteiger partial charge >= 0.3 is 5.97 Å². The van der Waals surface area contributed by atoms with Crippen LogP contribution >= 0.6 is 0 Å². The van der Waals surface area contributed by atoms with E-state index in [4.69, 9.17) is 4.74 Å². The van der Waals surface area contributed by atoms with Crippen molar-refractivity contribution in [1.82, 2.24) is 0 Å². The van der Waals surface area contributed by atoms with Crippen molar-refractivity contribution in [3.05, 3.63) is 71.8 Å². The van der Waals surface area contributed by atoms with Crippen molar-refractivity contribution in [1.29, 1.82) is 0 Å². The van der Waals surface area contributed by atoms with E-state index in [1.165, 1.54) is 0 Å². The minimum Gasteiger partial charge on any atom is -0.460 e. The molecule has 126 valence electrons. The molecular formula is C21H24O3. The van der Waals surface area contributed by atoms with Crippen molar-refractivity contribution in [3.8, 4) is 0 Å². The normalized spacial score (nSPS) is 12.5. The van der Waals surface area contributed by atoms with Gasteiger partial charge in [0, 0.05) is 17.9 Å². The minimum atomic E-state index is -0.526. The molecule has 0 aromatic heterocycles. The Labute approximate surface area is 143 Å². The van der Waals surface area contributed by atoms with Gasteiger partial charge in [-0.3, -0.25) is 9.59 Å². The first kappa shape index (κ1) is 17.9. The summed E-state index contributed by atoms with van der Waals surface area (Å²) in [6, 6.07) is 18.8. The van der Waals surface area contributed by atoms with Gasteiger partial charge in [0.05, 0.1) is 6.42 Å². The monoisotopic (exact) mass is 324 g/mol. The van der Waals surface area contributed by atoms with Gasteiger partial charge in [0.1, 0.15) is 5.60 Å². The van der Waals surface area contributed by atoms with Crippen LogP contribution < -0.4 is 0 Å². The summed E-state index contributed by atoms with van der Waals surface area (Å²) in [6.07, 6.45) is 0.479. The van der Waals surface area contributed by atoms with E-state index in [1.54, 1.807) is 12.1 Å². The zero-order valence-electron chi connectivity index (χ0n) is 14.5. The fraction of sp³-hybridized carbons (Fsp3) is 0.333. The lowest BCUT2D eigenvalue weighted by Gasteiger charge is -2.22. The van der Waals surface area contributed by atoms with Crippen LogP contribution in [0.2, 0.25) is 0 Å². The molecule has 2 aromatic carbocycles. The molecule has 0 saturated carbocycles. The number of esters is 1. The van der Waals surface area contributed by atoms with Crippen LogP contribution in [0.5, 0.6) is 0 Å². The maximum absolute atomic E-state index is 12.5. The number of hydrogen-bond acceptors (Lipinski definition) is 3. The Morgan fingerprint density at radius 2 is 1.42 bits per heavy atom. The summed E-state index contributed by atoms with van der Waals surface area (Å²) in [5, 5.41) is 0.